The Morgan fingerprint density at radius 1 is 1.19 bits per heavy atom. The summed E-state index contributed by atoms with van der Waals surface area (Å²) in [5.41, 5.74) is -0.378. The lowest BCUT2D eigenvalue weighted by Crippen LogP contribution is -2.43. The summed E-state index contributed by atoms with van der Waals surface area (Å²) in [6.07, 6.45) is -2.24. The van der Waals surface area contributed by atoms with E-state index in [0.29, 0.717) is 37.3 Å². The molecule has 0 unspecified atom stereocenters. The monoisotopic (exact) mass is 402 g/mol. The van der Waals surface area contributed by atoms with Crippen molar-refractivity contribution in [2.75, 3.05) is 13.1 Å². The summed E-state index contributed by atoms with van der Waals surface area (Å²) in [6.45, 7) is 0.720. The van der Waals surface area contributed by atoms with Crippen molar-refractivity contribution in [1.82, 2.24) is 14.4 Å². The predicted molar refractivity (Wildman–Crippen MR) is 88.4 cm³/mol. The lowest BCUT2D eigenvalue weighted by molar-refractivity contribution is -0.137. The van der Waals surface area contributed by atoms with Gasteiger partial charge in [-0.1, -0.05) is 5.16 Å². The van der Waals surface area contributed by atoms with Gasteiger partial charge < -0.3 is 4.52 Å². The third-order valence-electron chi connectivity index (χ3n) is 5.48. The van der Waals surface area contributed by atoms with Crippen LogP contribution in [-0.4, -0.2) is 36.0 Å². The zero-order valence-electron chi connectivity index (χ0n) is 14.1. The van der Waals surface area contributed by atoms with Crippen LogP contribution >= 0.6 is 0 Å². The van der Waals surface area contributed by atoms with E-state index in [1.54, 1.807) is 0 Å². The van der Waals surface area contributed by atoms with Gasteiger partial charge in [0.05, 0.1) is 5.56 Å². The molecule has 11 heteroatoms. The minimum atomic E-state index is -4.40. The van der Waals surface area contributed by atoms with Crippen LogP contribution in [0.25, 0.3) is 11.5 Å². The third kappa shape index (κ3) is 3.46. The Morgan fingerprint density at radius 3 is 2.37 bits per heavy atom. The molecule has 2 heterocycles. The Hall–Kier alpha value is -1.98. The number of hydrogen-bond acceptors (Lipinski definition) is 5. The van der Waals surface area contributed by atoms with Gasteiger partial charge in [-0.3, -0.25) is 0 Å². The summed E-state index contributed by atoms with van der Waals surface area (Å²) in [7, 11) is -3.67. The molecule has 1 aromatic heterocycles. The fraction of sp³-hybridized carbons (Fsp3) is 0.500. The van der Waals surface area contributed by atoms with E-state index in [2.05, 4.69) is 10.1 Å². The minimum absolute atomic E-state index is 0.0531. The Labute approximate surface area is 153 Å². The van der Waals surface area contributed by atoms with Gasteiger partial charge in [0.15, 0.2) is 5.82 Å². The second-order valence-electron chi connectivity index (χ2n) is 7.10. The van der Waals surface area contributed by atoms with E-state index in [4.69, 9.17) is 9.66 Å². The van der Waals surface area contributed by atoms with Crippen molar-refractivity contribution in [2.24, 2.45) is 10.6 Å². The van der Waals surface area contributed by atoms with E-state index in [1.165, 1.54) is 16.4 Å². The molecule has 146 valence electrons. The standard InChI is InChI=1S/C16H17F3N4O3S/c17-16(18,19)11-3-1-10(2-4-11)14-21-13(22-26-14)12-9-15(12)5-7-23(8-6-15)27(20,24)25/h1-4,12H,5-9H2,(H2,20,24,25)/t12-/m0/s1. The molecule has 2 N–H and O–H groups in total. The van der Waals surface area contributed by atoms with Crippen molar-refractivity contribution < 1.29 is 26.1 Å². The van der Waals surface area contributed by atoms with Crippen LogP contribution in [0.5, 0.6) is 0 Å². The Bertz CT molecular complexity index is 948. The highest BCUT2D eigenvalue weighted by molar-refractivity contribution is 7.86. The molecule has 2 aliphatic rings. The van der Waals surface area contributed by atoms with E-state index in [-0.39, 0.29) is 17.2 Å². The first-order valence-corrected chi connectivity index (χ1v) is 9.88. The van der Waals surface area contributed by atoms with Crippen molar-refractivity contribution >= 4 is 10.2 Å². The highest BCUT2D eigenvalue weighted by Gasteiger charge is 2.58. The summed E-state index contributed by atoms with van der Waals surface area (Å²) < 4.78 is 67.2. The maximum Gasteiger partial charge on any atom is 0.416 e. The normalized spacial score (nSPS) is 22.9. The topological polar surface area (TPSA) is 102 Å². The summed E-state index contributed by atoms with van der Waals surface area (Å²) in [6, 6.07) is 4.54. The van der Waals surface area contributed by atoms with Gasteiger partial charge in [0.25, 0.3) is 16.1 Å². The molecular weight excluding hydrogens is 385 g/mol. The molecule has 1 spiro atoms. The molecule has 0 amide bonds. The molecule has 1 saturated carbocycles. The lowest BCUT2D eigenvalue weighted by atomic mass is 9.92. The van der Waals surface area contributed by atoms with Crippen molar-refractivity contribution in [3.63, 3.8) is 0 Å². The second kappa shape index (κ2) is 6.01. The number of benzene rings is 1. The van der Waals surface area contributed by atoms with E-state index < -0.39 is 21.9 Å². The molecule has 4 rings (SSSR count). The molecule has 2 aromatic rings. The van der Waals surface area contributed by atoms with Crippen LogP contribution in [0.3, 0.4) is 0 Å². The first-order valence-electron chi connectivity index (χ1n) is 8.38. The smallest absolute Gasteiger partial charge is 0.334 e. The van der Waals surface area contributed by atoms with E-state index in [9.17, 15) is 21.6 Å². The lowest BCUT2D eigenvalue weighted by Gasteiger charge is -2.30. The Morgan fingerprint density at radius 2 is 1.81 bits per heavy atom. The molecule has 27 heavy (non-hydrogen) atoms. The van der Waals surface area contributed by atoms with Gasteiger partial charge in [0.1, 0.15) is 0 Å². The average molecular weight is 402 g/mol. The summed E-state index contributed by atoms with van der Waals surface area (Å²) in [5, 5.41) is 9.14. The molecular formula is C16H17F3N4O3S. The zero-order valence-corrected chi connectivity index (χ0v) is 14.9. The van der Waals surface area contributed by atoms with Crippen molar-refractivity contribution in [1.29, 1.82) is 0 Å². The molecule has 0 bridgehead atoms. The predicted octanol–water partition coefficient (Wildman–Crippen LogP) is 2.53. The van der Waals surface area contributed by atoms with Crippen LogP contribution in [0.2, 0.25) is 0 Å². The van der Waals surface area contributed by atoms with Gasteiger partial charge in [-0.25, -0.2) is 5.14 Å². The first kappa shape index (κ1) is 18.4. The molecule has 1 saturated heterocycles. The molecule has 7 nitrogen and oxygen atoms in total. The summed E-state index contributed by atoms with van der Waals surface area (Å²) >= 11 is 0. The van der Waals surface area contributed by atoms with E-state index in [1.807, 2.05) is 0 Å². The zero-order chi connectivity index (χ0) is 19.4. The molecule has 0 radical (unpaired) electrons. The van der Waals surface area contributed by atoms with Crippen molar-refractivity contribution in [2.45, 2.75) is 31.4 Å². The van der Waals surface area contributed by atoms with Crippen LogP contribution in [0.4, 0.5) is 13.2 Å². The Kier molecular flexibility index (Phi) is 4.09. The maximum atomic E-state index is 12.6. The SMILES string of the molecule is NS(=O)(=O)N1CCC2(CC1)C[C@H]2c1noc(-c2ccc(C(F)(F)F)cc2)n1. The average Bonchev–Trinajstić information content (AvgIpc) is 3.06. The van der Waals surface area contributed by atoms with E-state index >= 15 is 0 Å². The van der Waals surface area contributed by atoms with Crippen LogP contribution in [0.15, 0.2) is 28.8 Å². The number of aromatic nitrogens is 2. The van der Waals surface area contributed by atoms with Gasteiger partial charge >= 0.3 is 6.18 Å². The van der Waals surface area contributed by atoms with Gasteiger partial charge in [0, 0.05) is 24.6 Å². The number of piperidine rings is 1. The van der Waals surface area contributed by atoms with Gasteiger partial charge in [-0.15, -0.1) is 0 Å². The highest BCUT2D eigenvalue weighted by atomic mass is 32.2. The third-order valence-corrected chi connectivity index (χ3v) is 6.57. The van der Waals surface area contributed by atoms with Crippen molar-refractivity contribution in [3.8, 4) is 11.5 Å². The maximum absolute atomic E-state index is 12.6. The number of nitrogens with two attached hydrogens (primary N) is 1. The fourth-order valence-electron chi connectivity index (χ4n) is 3.75. The van der Waals surface area contributed by atoms with Crippen LogP contribution in [0.1, 0.15) is 36.6 Å². The molecule has 1 aliphatic carbocycles. The van der Waals surface area contributed by atoms with Gasteiger partial charge in [0.2, 0.25) is 0 Å². The number of rotatable bonds is 3. The first-order chi connectivity index (χ1) is 12.6. The quantitative estimate of drug-likeness (QED) is 0.850. The molecule has 2 fully saturated rings. The van der Waals surface area contributed by atoms with Crippen molar-refractivity contribution in [3.05, 3.63) is 35.7 Å². The van der Waals surface area contributed by atoms with Crippen LogP contribution in [-0.2, 0) is 16.4 Å². The van der Waals surface area contributed by atoms with Crippen LogP contribution in [0, 0.1) is 5.41 Å². The van der Waals surface area contributed by atoms with Gasteiger partial charge in [-0.05, 0) is 48.9 Å². The van der Waals surface area contributed by atoms with E-state index in [0.717, 1.165) is 18.6 Å². The number of alkyl halides is 3. The van der Waals surface area contributed by atoms with Crippen LogP contribution < -0.4 is 5.14 Å². The second-order valence-corrected chi connectivity index (χ2v) is 8.64. The molecule has 1 atom stereocenters. The highest BCUT2D eigenvalue weighted by Crippen LogP contribution is 2.64. The summed E-state index contributed by atoms with van der Waals surface area (Å²) in [4.78, 5) is 4.34. The Balaban J connectivity index is 1.46. The number of hydrogen-bond donors (Lipinski definition) is 1. The number of nitrogens with zero attached hydrogens (tertiary/aromatic N) is 3. The minimum Gasteiger partial charge on any atom is -0.334 e. The molecule has 1 aromatic carbocycles. The number of halogens is 3. The molecule has 1 aliphatic heterocycles. The fourth-order valence-corrected chi connectivity index (χ4v) is 4.44. The summed E-state index contributed by atoms with van der Waals surface area (Å²) in [5.74, 6) is 0.740. The largest absolute Gasteiger partial charge is 0.416 e. The van der Waals surface area contributed by atoms with Gasteiger partial charge in [-0.2, -0.15) is 30.9 Å².